The van der Waals surface area contributed by atoms with Crippen LogP contribution in [0.4, 0.5) is 5.69 Å². The summed E-state index contributed by atoms with van der Waals surface area (Å²) in [5, 5.41) is 20.2. The summed E-state index contributed by atoms with van der Waals surface area (Å²) >= 11 is 0. The molecule has 0 radical (unpaired) electrons. The van der Waals surface area contributed by atoms with Gasteiger partial charge in [0.05, 0.1) is 34.7 Å². The second kappa shape index (κ2) is 11.3. The van der Waals surface area contributed by atoms with Crippen LogP contribution in [-0.4, -0.2) is 59.8 Å². The van der Waals surface area contributed by atoms with E-state index >= 15 is 0 Å². The van der Waals surface area contributed by atoms with Crippen molar-refractivity contribution >= 4 is 31.9 Å². The van der Waals surface area contributed by atoms with Crippen LogP contribution in [-0.2, 0) is 18.8 Å². The van der Waals surface area contributed by atoms with Gasteiger partial charge >= 0.3 is 11.9 Å². The Hall–Kier alpha value is -3.15. The number of carbonyl (C=O) groups is 3. The molecule has 1 fully saturated rings. The Morgan fingerprint density at radius 1 is 1.18 bits per heavy atom. The maximum Gasteiger partial charge on any atom is 0.363 e. The zero-order chi connectivity index (χ0) is 28.4. The molecular formula is C27H36N2O8Si. The summed E-state index contributed by atoms with van der Waals surface area (Å²) in [6.07, 6.45) is 2.66. The van der Waals surface area contributed by atoms with Crippen LogP contribution in [0.3, 0.4) is 0 Å². The van der Waals surface area contributed by atoms with Crippen LogP contribution in [0.15, 0.2) is 47.7 Å². The second-order valence-electron chi connectivity index (χ2n) is 10.1. The molecule has 4 atom stereocenters. The number of hydrogen-bond acceptors (Lipinski definition) is 8. The summed E-state index contributed by atoms with van der Waals surface area (Å²) < 4.78 is 11.8. The number of aliphatic hydroxyl groups excluding tert-OH is 1. The number of nitro groups is 1. The lowest BCUT2D eigenvalue weighted by Crippen LogP contribution is -2.72. The molecule has 1 aromatic carbocycles. The van der Waals surface area contributed by atoms with Crippen molar-refractivity contribution in [2.45, 2.75) is 71.8 Å². The highest BCUT2D eigenvalue weighted by molar-refractivity contribution is 6.73. The average Bonchev–Trinajstić information content (AvgIpc) is 3.19. The van der Waals surface area contributed by atoms with E-state index in [0.717, 1.165) is 30.3 Å². The van der Waals surface area contributed by atoms with E-state index in [1.807, 2.05) is 20.8 Å². The number of benzene rings is 1. The smallest absolute Gasteiger partial charge is 0.363 e. The van der Waals surface area contributed by atoms with Gasteiger partial charge in [0, 0.05) is 18.1 Å². The summed E-state index contributed by atoms with van der Waals surface area (Å²) in [5.41, 5.74) is -0.689. The number of β-lactam (4-membered cyclic amide) rings is 1. The topological polar surface area (TPSA) is 136 Å². The minimum absolute atomic E-state index is 0.0397. The summed E-state index contributed by atoms with van der Waals surface area (Å²) in [6, 6.07) is 7.09. The number of esters is 2. The maximum absolute atomic E-state index is 13.7. The fourth-order valence-electron chi connectivity index (χ4n) is 5.67. The van der Waals surface area contributed by atoms with Gasteiger partial charge in [-0.25, -0.2) is 9.59 Å². The van der Waals surface area contributed by atoms with Crippen molar-refractivity contribution in [1.82, 2.24) is 4.90 Å². The number of ether oxygens (including phenoxy) is 1. The summed E-state index contributed by atoms with van der Waals surface area (Å²) in [4.78, 5) is 51.3. The van der Waals surface area contributed by atoms with E-state index in [0.29, 0.717) is 5.57 Å². The van der Waals surface area contributed by atoms with Crippen LogP contribution in [0.25, 0.3) is 0 Å². The number of rotatable bonds is 11. The highest BCUT2D eigenvalue weighted by Crippen LogP contribution is 2.55. The van der Waals surface area contributed by atoms with Gasteiger partial charge in [0.2, 0.25) is 5.91 Å². The molecule has 2 heterocycles. The number of nitrogens with zero attached hydrogens (tertiary/aromatic N) is 2. The standard InChI is InChI=1S/C27H36N2O8Si/c1-7-38(8-2,9-3)37-18(5)27(6)23-17(4)21(11-10-16-30)22(28(23)26(27)33)25(32)36-24(31)19-12-14-20(15-13-19)29(34)35/h10-15,17-18,23,30H,7-9,16H2,1-6H3/b11-10+/t17-,18+,23+,27+/m0/s1. The molecule has 1 amide bonds. The molecule has 0 spiro atoms. The third-order valence-corrected chi connectivity index (χ3v) is 13.1. The van der Waals surface area contributed by atoms with Crippen LogP contribution >= 0.6 is 0 Å². The number of carbonyl (C=O) groups excluding carboxylic acids is 3. The first-order valence-corrected chi connectivity index (χ1v) is 15.5. The number of aliphatic hydroxyl groups is 1. The Labute approximate surface area is 223 Å². The summed E-state index contributed by atoms with van der Waals surface area (Å²) in [6.45, 7) is 11.8. The van der Waals surface area contributed by atoms with Crippen molar-refractivity contribution in [1.29, 1.82) is 0 Å². The molecule has 11 heteroatoms. The molecule has 3 rings (SSSR count). The van der Waals surface area contributed by atoms with Gasteiger partial charge in [0.25, 0.3) is 5.69 Å². The number of amides is 1. The Morgan fingerprint density at radius 3 is 2.26 bits per heavy atom. The third-order valence-electron chi connectivity index (χ3n) is 8.35. The Balaban J connectivity index is 1.91. The number of nitro benzene ring substituents is 1. The monoisotopic (exact) mass is 544 g/mol. The fourth-order valence-corrected chi connectivity index (χ4v) is 8.67. The largest absolute Gasteiger partial charge is 0.413 e. The molecule has 0 saturated carbocycles. The first-order valence-electron chi connectivity index (χ1n) is 13.0. The van der Waals surface area contributed by atoms with Crippen molar-refractivity contribution in [3.8, 4) is 0 Å². The van der Waals surface area contributed by atoms with E-state index in [4.69, 9.17) is 9.16 Å². The average molecular weight is 545 g/mol. The first-order chi connectivity index (χ1) is 17.9. The van der Waals surface area contributed by atoms with Gasteiger partial charge in [-0.05, 0) is 49.7 Å². The van der Waals surface area contributed by atoms with E-state index in [1.165, 1.54) is 23.1 Å². The number of fused-ring (bicyclic) bond motifs is 1. The molecule has 1 aromatic rings. The van der Waals surface area contributed by atoms with Crippen LogP contribution in [0, 0.1) is 21.4 Å². The third kappa shape index (κ3) is 4.85. The van der Waals surface area contributed by atoms with Gasteiger partial charge < -0.3 is 19.2 Å². The van der Waals surface area contributed by atoms with E-state index in [1.54, 1.807) is 6.08 Å². The quantitative estimate of drug-likeness (QED) is 0.108. The zero-order valence-corrected chi connectivity index (χ0v) is 23.7. The fraction of sp³-hybridized carbons (Fsp3) is 0.519. The molecule has 0 aromatic heterocycles. The lowest BCUT2D eigenvalue weighted by Gasteiger charge is -2.56. The summed E-state index contributed by atoms with van der Waals surface area (Å²) in [5.74, 6) is -2.56. The van der Waals surface area contributed by atoms with Crippen molar-refractivity contribution in [3.05, 3.63) is 63.4 Å². The van der Waals surface area contributed by atoms with Crippen LogP contribution in [0.2, 0.25) is 18.1 Å². The van der Waals surface area contributed by atoms with Crippen molar-refractivity contribution in [3.63, 3.8) is 0 Å². The molecule has 1 saturated heterocycles. The SMILES string of the molecule is CC[Si](CC)(CC)O[C@H](C)[C@@]1(C)C(=O)N2C(C(=O)OC(=O)c3ccc([N+](=O)[O-])cc3)=C(/C=C/CO)[C@H](C)[C@@H]21. The molecule has 1 N–H and O–H groups in total. The Bertz CT molecular complexity index is 1170. The van der Waals surface area contributed by atoms with Crippen molar-refractivity contribution in [2.75, 3.05) is 6.61 Å². The molecular weight excluding hydrogens is 508 g/mol. The van der Waals surface area contributed by atoms with E-state index < -0.39 is 36.6 Å². The van der Waals surface area contributed by atoms with Crippen LogP contribution < -0.4 is 0 Å². The number of hydrogen-bond donors (Lipinski definition) is 1. The molecule has 0 bridgehead atoms. The molecule has 0 aliphatic carbocycles. The van der Waals surface area contributed by atoms with Gasteiger partial charge in [-0.3, -0.25) is 14.9 Å². The van der Waals surface area contributed by atoms with Crippen LogP contribution in [0.1, 0.15) is 51.9 Å². The maximum atomic E-state index is 13.7. The molecule has 10 nitrogen and oxygen atoms in total. The van der Waals surface area contributed by atoms with E-state index in [2.05, 4.69) is 20.8 Å². The molecule has 206 valence electrons. The number of allylic oxidation sites excluding steroid dienone is 1. The Morgan fingerprint density at radius 2 is 1.76 bits per heavy atom. The molecule has 2 aliphatic heterocycles. The zero-order valence-electron chi connectivity index (χ0n) is 22.7. The lowest BCUT2D eigenvalue weighted by molar-refractivity contribution is -0.384. The lowest BCUT2D eigenvalue weighted by atomic mass is 9.65. The minimum atomic E-state index is -2.03. The number of non-ortho nitro benzene ring substituents is 1. The van der Waals surface area contributed by atoms with E-state index in [-0.39, 0.29) is 41.5 Å². The van der Waals surface area contributed by atoms with E-state index in [9.17, 15) is 29.6 Å². The second-order valence-corrected chi connectivity index (χ2v) is 14.8. The predicted molar refractivity (Wildman–Crippen MR) is 142 cm³/mol. The van der Waals surface area contributed by atoms with Gasteiger partial charge in [0.15, 0.2) is 8.32 Å². The van der Waals surface area contributed by atoms with Gasteiger partial charge in [0.1, 0.15) is 5.70 Å². The Kier molecular flexibility index (Phi) is 8.74. The van der Waals surface area contributed by atoms with Crippen LogP contribution in [0.5, 0.6) is 0 Å². The molecule has 2 aliphatic rings. The van der Waals surface area contributed by atoms with Crippen molar-refractivity contribution < 1.29 is 33.6 Å². The predicted octanol–water partition coefficient (Wildman–Crippen LogP) is 4.36. The van der Waals surface area contributed by atoms with Gasteiger partial charge in [-0.1, -0.05) is 39.8 Å². The minimum Gasteiger partial charge on any atom is -0.413 e. The normalized spacial score (nSPS) is 23.9. The van der Waals surface area contributed by atoms with Crippen molar-refractivity contribution in [2.24, 2.45) is 11.3 Å². The molecule has 38 heavy (non-hydrogen) atoms. The summed E-state index contributed by atoms with van der Waals surface area (Å²) in [7, 11) is -2.03. The van der Waals surface area contributed by atoms with Gasteiger partial charge in [-0.2, -0.15) is 0 Å². The molecule has 0 unspecified atom stereocenters. The highest BCUT2D eigenvalue weighted by atomic mass is 28.4. The highest BCUT2D eigenvalue weighted by Gasteiger charge is 2.68. The first kappa shape index (κ1) is 29.4. The van der Waals surface area contributed by atoms with Gasteiger partial charge in [-0.15, -0.1) is 0 Å².